The number of unbranched alkanes of at least 4 members (excludes halogenated alkanes) is 1. The number of fused-ring (bicyclic) bond motifs is 1. The summed E-state index contributed by atoms with van der Waals surface area (Å²) in [6.45, 7) is 4.76. The largest absolute Gasteiger partial charge is 0.494 e. The molecule has 0 aromatic heterocycles. The van der Waals surface area contributed by atoms with Crippen LogP contribution in [0, 0.1) is 6.92 Å². The molecule has 1 unspecified atom stereocenters. The topological polar surface area (TPSA) is 58.6 Å². The van der Waals surface area contributed by atoms with Crippen LogP contribution in [0.4, 0.5) is 5.69 Å². The van der Waals surface area contributed by atoms with Crippen LogP contribution < -0.4 is 10.1 Å². The molecule has 164 valence electrons. The molecule has 1 atom stereocenters. The third-order valence-electron chi connectivity index (χ3n) is 5.65. The maximum Gasteiger partial charge on any atom is 0.255 e. The maximum absolute atomic E-state index is 13.7. The van der Waals surface area contributed by atoms with Crippen molar-refractivity contribution >= 4 is 17.5 Å². The van der Waals surface area contributed by atoms with Crippen LogP contribution in [0.25, 0.3) is 0 Å². The Hall–Kier alpha value is -3.60. The fraction of sp³-hybridized carbons (Fsp3) is 0.259. The number of ether oxygens (including phenoxy) is 1. The van der Waals surface area contributed by atoms with E-state index < -0.39 is 0 Å². The number of nitrogens with zero attached hydrogens (tertiary/aromatic N) is 1. The van der Waals surface area contributed by atoms with Gasteiger partial charge in [0.1, 0.15) is 12.3 Å². The molecule has 2 amide bonds. The Morgan fingerprint density at radius 2 is 1.81 bits per heavy atom. The Bertz CT molecular complexity index is 1090. The Morgan fingerprint density at radius 3 is 2.53 bits per heavy atom. The summed E-state index contributed by atoms with van der Waals surface area (Å²) >= 11 is 0. The predicted molar refractivity (Wildman–Crippen MR) is 126 cm³/mol. The van der Waals surface area contributed by atoms with Gasteiger partial charge in [-0.25, -0.2) is 0 Å². The highest BCUT2D eigenvalue weighted by molar-refractivity contribution is 6.01. The molecule has 1 N–H and O–H groups in total. The SMILES string of the molecule is CCCCOc1ccc(C(=O)N2CC(=O)Nc3ccc(C)cc3C2c2ccccc2)cc1. The zero-order chi connectivity index (χ0) is 22.5. The Morgan fingerprint density at radius 1 is 1.06 bits per heavy atom. The first-order valence-electron chi connectivity index (χ1n) is 11.1. The van der Waals surface area contributed by atoms with Gasteiger partial charge < -0.3 is 15.0 Å². The van der Waals surface area contributed by atoms with Gasteiger partial charge in [-0.05, 0) is 49.2 Å². The zero-order valence-corrected chi connectivity index (χ0v) is 18.5. The van der Waals surface area contributed by atoms with Crippen LogP contribution in [0.3, 0.4) is 0 Å². The molecule has 1 heterocycles. The first-order valence-corrected chi connectivity index (χ1v) is 11.1. The van der Waals surface area contributed by atoms with Gasteiger partial charge in [0.05, 0.1) is 12.6 Å². The van der Waals surface area contributed by atoms with E-state index in [1.807, 2.05) is 67.6 Å². The van der Waals surface area contributed by atoms with Crippen molar-refractivity contribution in [1.82, 2.24) is 4.90 Å². The second-order valence-electron chi connectivity index (χ2n) is 8.11. The third kappa shape index (κ3) is 4.67. The molecule has 0 fully saturated rings. The van der Waals surface area contributed by atoms with Crippen LogP contribution >= 0.6 is 0 Å². The van der Waals surface area contributed by atoms with Crippen LogP contribution in [0.1, 0.15) is 52.9 Å². The zero-order valence-electron chi connectivity index (χ0n) is 18.5. The van der Waals surface area contributed by atoms with Crippen LogP contribution in [0.2, 0.25) is 0 Å². The van der Waals surface area contributed by atoms with Gasteiger partial charge in [0.25, 0.3) is 5.91 Å². The van der Waals surface area contributed by atoms with Crippen molar-refractivity contribution in [3.63, 3.8) is 0 Å². The number of nitrogens with one attached hydrogen (secondary N) is 1. The van der Waals surface area contributed by atoms with Gasteiger partial charge in [-0.3, -0.25) is 9.59 Å². The fourth-order valence-corrected chi connectivity index (χ4v) is 4.00. The molecule has 3 aromatic carbocycles. The van der Waals surface area contributed by atoms with Crippen molar-refractivity contribution in [1.29, 1.82) is 0 Å². The summed E-state index contributed by atoms with van der Waals surface area (Å²) in [7, 11) is 0. The van der Waals surface area contributed by atoms with Gasteiger partial charge >= 0.3 is 0 Å². The molecule has 32 heavy (non-hydrogen) atoms. The van der Waals surface area contributed by atoms with E-state index in [0.29, 0.717) is 12.2 Å². The first kappa shape index (κ1) is 21.6. The van der Waals surface area contributed by atoms with Crippen molar-refractivity contribution in [2.45, 2.75) is 32.7 Å². The third-order valence-corrected chi connectivity index (χ3v) is 5.65. The van der Waals surface area contributed by atoms with Crippen molar-refractivity contribution in [2.75, 3.05) is 18.5 Å². The van der Waals surface area contributed by atoms with Gasteiger partial charge in [-0.1, -0.05) is 61.4 Å². The van der Waals surface area contributed by atoms with Crippen LogP contribution in [0.15, 0.2) is 72.8 Å². The molecule has 5 nitrogen and oxygen atoms in total. The Labute approximate surface area is 189 Å². The smallest absolute Gasteiger partial charge is 0.255 e. The molecular formula is C27H28N2O3. The van der Waals surface area contributed by atoms with Crippen LogP contribution in [-0.2, 0) is 4.79 Å². The molecular weight excluding hydrogens is 400 g/mol. The number of amides is 2. The summed E-state index contributed by atoms with van der Waals surface area (Å²) in [4.78, 5) is 28.0. The highest BCUT2D eigenvalue weighted by Gasteiger charge is 2.34. The highest BCUT2D eigenvalue weighted by Crippen LogP contribution is 2.37. The van der Waals surface area contributed by atoms with E-state index >= 15 is 0 Å². The quantitative estimate of drug-likeness (QED) is 0.538. The minimum Gasteiger partial charge on any atom is -0.494 e. The lowest BCUT2D eigenvalue weighted by molar-refractivity contribution is -0.117. The van der Waals surface area contributed by atoms with E-state index in [4.69, 9.17) is 4.74 Å². The maximum atomic E-state index is 13.7. The van der Waals surface area contributed by atoms with Gasteiger partial charge in [0.2, 0.25) is 5.91 Å². The Kier molecular flexibility index (Phi) is 6.55. The molecule has 1 aliphatic heterocycles. The summed E-state index contributed by atoms with van der Waals surface area (Å²) in [6, 6.07) is 22.6. The van der Waals surface area contributed by atoms with E-state index in [9.17, 15) is 9.59 Å². The van der Waals surface area contributed by atoms with Gasteiger partial charge in [0, 0.05) is 16.8 Å². The summed E-state index contributed by atoms with van der Waals surface area (Å²) in [5.41, 5.74) is 4.21. The molecule has 0 spiro atoms. The molecule has 4 rings (SSSR count). The number of benzene rings is 3. The fourth-order valence-electron chi connectivity index (χ4n) is 4.00. The summed E-state index contributed by atoms with van der Waals surface area (Å²) in [5, 5.41) is 2.97. The van der Waals surface area contributed by atoms with E-state index in [1.54, 1.807) is 17.0 Å². The average Bonchev–Trinajstić information content (AvgIpc) is 2.95. The average molecular weight is 429 g/mol. The monoisotopic (exact) mass is 428 g/mol. The number of hydrogen-bond donors (Lipinski definition) is 1. The lowest BCUT2D eigenvalue weighted by atomic mass is 9.94. The highest BCUT2D eigenvalue weighted by atomic mass is 16.5. The minimum absolute atomic E-state index is 0.0269. The number of rotatable bonds is 6. The Balaban J connectivity index is 1.72. The van der Waals surface area contributed by atoms with E-state index in [-0.39, 0.29) is 24.4 Å². The normalized spacial score (nSPS) is 15.5. The second-order valence-corrected chi connectivity index (χ2v) is 8.11. The lowest BCUT2D eigenvalue weighted by Crippen LogP contribution is -2.39. The number of anilines is 1. The van der Waals surface area contributed by atoms with Crippen molar-refractivity contribution in [2.24, 2.45) is 0 Å². The number of carbonyl (C=O) groups excluding carboxylic acids is 2. The summed E-state index contributed by atoms with van der Waals surface area (Å²) < 4.78 is 5.72. The molecule has 0 saturated heterocycles. The predicted octanol–water partition coefficient (Wildman–Crippen LogP) is 5.36. The first-order chi connectivity index (χ1) is 15.6. The standard InChI is InChI=1S/C27H28N2O3/c1-3-4-16-32-22-13-11-21(12-14-22)27(31)29-18-25(30)28-24-15-10-19(2)17-23(24)26(29)20-8-6-5-7-9-20/h5-15,17,26H,3-4,16,18H2,1-2H3,(H,28,30). The number of carbonyl (C=O) groups is 2. The molecule has 1 aliphatic rings. The number of hydrogen-bond acceptors (Lipinski definition) is 3. The molecule has 0 aliphatic carbocycles. The van der Waals surface area contributed by atoms with Gasteiger partial charge in [0.15, 0.2) is 0 Å². The number of aryl methyl sites for hydroxylation is 1. The molecule has 5 heteroatoms. The van der Waals surface area contributed by atoms with Gasteiger partial charge in [-0.2, -0.15) is 0 Å². The lowest BCUT2D eigenvalue weighted by Gasteiger charge is -2.31. The van der Waals surface area contributed by atoms with Crippen molar-refractivity contribution in [3.05, 3.63) is 95.1 Å². The molecule has 0 radical (unpaired) electrons. The molecule has 0 saturated carbocycles. The van der Waals surface area contributed by atoms with E-state index in [0.717, 1.165) is 41.0 Å². The van der Waals surface area contributed by atoms with Gasteiger partial charge in [-0.15, -0.1) is 0 Å². The summed E-state index contributed by atoms with van der Waals surface area (Å²) in [6.07, 6.45) is 2.05. The summed E-state index contributed by atoms with van der Waals surface area (Å²) in [5.74, 6) is 0.342. The second kappa shape index (κ2) is 9.69. The van der Waals surface area contributed by atoms with Crippen molar-refractivity contribution in [3.8, 4) is 5.75 Å². The minimum atomic E-state index is -0.377. The van der Waals surface area contributed by atoms with Crippen LogP contribution in [-0.4, -0.2) is 29.9 Å². The van der Waals surface area contributed by atoms with Crippen LogP contribution in [0.5, 0.6) is 5.75 Å². The molecule has 0 bridgehead atoms. The van der Waals surface area contributed by atoms with E-state index in [2.05, 4.69) is 12.2 Å². The van der Waals surface area contributed by atoms with Crippen molar-refractivity contribution < 1.29 is 14.3 Å². The molecule has 3 aromatic rings. The van der Waals surface area contributed by atoms with E-state index in [1.165, 1.54) is 0 Å².